The number of benzene rings is 6. The van der Waals surface area contributed by atoms with Crippen LogP contribution in [0.4, 0.5) is 5.69 Å². The summed E-state index contributed by atoms with van der Waals surface area (Å²) in [6.07, 6.45) is 0.109. The largest absolute Gasteiger partial charge is 0.491 e. The fourth-order valence-corrected chi connectivity index (χ4v) is 6.04. The summed E-state index contributed by atoms with van der Waals surface area (Å²) in [4.78, 5) is 15.8. The van der Waals surface area contributed by atoms with Crippen LogP contribution in [0, 0.1) is 0 Å². The van der Waals surface area contributed by atoms with Gasteiger partial charge in [-0.25, -0.2) is 0 Å². The molecule has 0 aliphatic heterocycles. The van der Waals surface area contributed by atoms with Crippen molar-refractivity contribution >= 4 is 11.6 Å². The highest BCUT2D eigenvalue weighted by atomic mass is 16.5. The third-order valence-corrected chi connectivity index (χ3v) is 8.70. The van der Waals surface area contributed by atoms with Gasteiger partial charge in [0.05, 0.1) is 5.92 Å². The van der Waals surface area contributed by atoms with Crippen molar-refractivity contribution in [2.45, 2.75) is 31.6 Å². The maximum absolute atomic E-state index is 13.6. The van der Waals surface area contributed by atoms with Gasteiger partial charge in [0, 0.05) is 25.3 Å². The molecule has 0 radical (unpaired) electrons. The second-order valence-electron chi connectivity index (χ2n) is 12.6. The lowest BCUT2D eigenvalue weighted by Gasteiger charge is -2.25. The molecule has 0 bridgehead atoms. The average Bonchev–Trinajstić information content (AvgIpc) is 3.18. The van der Waals surface area contributed by atoms with E-state index in [0.29, 0.717) is 25.4 Å². The summed E-state index contributed by atoms with van der Waals surface area (Å²) in [6.45, 7) is 2.59. The molecule has 1 amide bonds. The molecule has 0 aliphatic carbocycles. The Morgan fingerprint density at radius 3 is 1.67 bits per heavy atom. The number of aliphatic hydroxyl groups is 1. The van der Waals surface area contributed by atoms with Gasteiger partial charge in [-0.05, 0) is 70.6 Å². The highest BCUT2D eigenvalue weighted by molar-refractivity contribution is 5.98. The lowest BCUT2D eigenvalue weighted by atomic mass is 9.90. The van der Waals surface area contributed by atoms with E-state index in [0.717, 1.165) is 46.7 Å². The molecule has 0 aromatic heterocycles. The maximum atomic E-state index is 13.6. The molecule has 6 rings (SSSR count). The monoisotopic (exact) mass is 676 g/mol. The molecule has 0 saturated heterocycles. The third kappa shape index (κ3) is 10.9. The van der Waals surface area contributed by atoms with E-state index in [-0.39, 0.29) is 12.5 Å². The van der Waals surface area contributed by atoms with Crippen LogP contribution in [0.15, 0.2) is 170 Å². The summed E-state index contributed by atoms with van der Waals surface area (Å²) < 4.78 is 11.8. The molecule has 0 spiro atoms. The van der Waals surface area contributed by atoms with E-state index in [1.54, 1.807) is 0 Å². The van der Waals surface area contributed by atoms with E-state index in [2.05, 4.69) is 34.5 Å². The van der Waals surface area contributed by atoms with Gasteiger partial charge in [0.15, 0.2) is 0 Å². The molecule has 51 heavy (non-hydrogen) atoms. The quantitative estimate of drug-likeness (QED) is 0.101. The molecule has 0 aliphatic rings. The molecule has 6 heteroatoms. The minimum absolute atomic E-state index is 0.0715. The summed E-state index contributed by atoms with van der Waals surface area (Å²) in [5.41, 5.74) is 6.09. The summed E-state index contributed by atoms with van der Waals surface area (Å²) in [6, 6.07) is 55.6. The van der Waals surface area contributed by atoms with Crippen molar-refractivity contribution in [3.8, 4) is 11.5 Å². The topological polar surface area (TPSA) is 71.0 Å². The van der Waals surface area contributed by atoms with E-state index in [9.17, 15) is 9.90 Å². The molecule has 6 aromatic rings. The van der Waals surface area contributed by atoms with Gasteiger partial charge in [-0.1, -0.05) is 133 Å². The van der Waals surface area contributed by atoms with Crippen molar-refractivity contribution in [3.05, 3.63) is 198 Å². The Balaban J connectivity index is 1.02. The van der Waals surface area contributed by atoms with Crippen LogP contribution in [-0.4, -0.2) is 41.7 Å². The fourth-order valence-electron chi connectivity index (χ4n) is 6.04. The SMILES string of the molecule is O=C(Nc1ccc(CCN(Cc2ccccc2)C[C@H](O)COc2ccc(OCc3ccccc3)cc2)cc1)C(c1ccccc1)c1ccccc1. The van der Waals surface area contributed by atoms with Gasteiger partial charge in [0.25, 0.3) is 0 Å². The predicted octanol–water partition coefficient (Wildman–Crippen LogP) is 8.52. The fraction of sp³-hybridized carbons (Fsp3) is 0.178. The Kier molecular flexibility index (Phi) is 12.6. The van der Waals surface area contributed by atoms with Gasteiger partial charge in [-0.3, -0.25) is 9.69 Å². The normalized spacial score (nSPS) is 11.7. The molecule has 6 aromatic carbocycles. The minimum Gasteiger partial charge on any atom is -0.491 e. The van der Waals surface area contributed by atoms with E-state index < -0.39 is 12.0 Å². The first kappa shape index (κ1) is 35.1. The number of aliphatic hydroxyl groups excluding tert-OH is 1. The number of anilines is 1. The van der Waals surface area contributed by atoms with Crippen LogP contribution in [0.2, 0.25) is 0 Å². The van der Waals surface area contributed by atoms with Crippen LogP contribution in [0.3, 0.4) is 0 Å². The zero-order valence-electron chi connectivity index (χ0n) is 28.7. The van der Waals surface area contributed by atoms with Gasteiger partial charge >= 0.3 is 0 Å². The van der Waals surface area contributed by atoms with Gasteiger partial charge < -0.3 is 19.9 Å². The van der Waals surface area contributed by atoms with E-state index in [4.69, 9.17) is 9.47 Å². The summed E-state index contributed by atoms with van der Waals surface area (Å²) in [7, 11) is 0. The van der Waals surface area contributed by atoms with E-state index in [1.807, 2.05) is 146 Å². The first-order valence-electron chi connectivity index (χ1n) is 17.4. The third-order valence-electron chi connectivity index (χ3n) is 8.70. The van der Waals surface area contributed by atoms with Crippen LogP contribution in [0.1, 0.15) is 33.7 Å². The van der Waals surface area contributed by atoms with Gasteiger partial charge in [-0.15, -0.1) is 0 Å². The highest BCUT2D eigenvalue weighted by Gasteiger charge is 2.22. The first-order chi connectivity index (χ1) is 25.1. The molecule has 6 nitrogen and oxygen atoms in total. The van der Waals surface area contributed by atoms with E-state index in [1.165, 1.54) is 5.56 Å². The minimum atomic E-state index is -0.678. The standard InChI is InChI=1S/C45H44N2O4/c48-41(34-51-43-27-25-42(26-28-43)50-33-37-15-7-2-8-16-37)32-47(31-36-13-5-1-6-14-36)30-29-35-21-23-40(24-22-35)46-45(49)44(38-17-9-3-10-18-38)39-19-11-4-12-20-39/h1-28,41,44,48H,29-34H2,(H,46,49)/t41-/m0/s1. The van der Waals surface area contributed by atoms with Crippen molar-refractivity contribution in [1.82, 2.24) is 4.90 Å². The van der Waals surface area contributed by atoms with Crippen LogP contribution >= 0.6 is 0 Å². The number of nitrogens with one attached hydrogen (secondary N) is 1. The molecule has 1 atom stereocenters. The number of ether oxygens (including phenoxy) is 2. The second kappa shape index (κ2) is 18.3. The molecule has 258 valence electrons. The Labute approximate surface area is 300 Å². The number of rotatable bonds is 17. The van der Waals surface area contributed by atoms with Crippen LogP contribution in [-0.2, 0) is 24.4 Å². The second-order valence-corrected chi connectivity index (χ2v) is 12.6. The van der Waals surface area contributed by atoms with Gasteiger partial charge in [-0.2, -0.15) is 0 Å². The molecule has 0 heterocycles. The molecular weight excluding hydrogens is 633 g/mol. The molecule has 0 saturated carbocycles. The van der Waals surface area contributed by atoms with Crippen molar-refractivity contribution in [2.24, 2.45) is 0 Å². The summed E-state index contributed by atoms with van der Waals surface area (Å²) in [5, 5.41) is 14.1. The zero-order valence-corrected chi connectivity index (χ0v) is 28.7. The lowest BCUT2D eigenvalue weighted by Crippen LogP contribution is -2.36. The summed E-state index contributed by atoms with van der Waals surface area (Å²) in [5.74, 6) is 0.964. The van der Waals surface area contributed by atoms with E-state index >= 15 is 0 Å². The number of amides is 1. The van der Waals surface area contributed by atoms with Gasteiger partial charge in [0.1, 0.15) is 30.8 Å². The number of hydrogen-bond acceptors (Lipinski definition) is 5. The number of carbonyl (C=O) groups is 1. The average molecular weight is 677 g/mol. The number of hydrogen-bond donors (Lipinski definition) is 2. The summed E-state index contributed by atoms with van der Waals surface area (Å²) >= 11 is 0. The van der Waals surface area contributed by atoms with Crippen molar-refractivity contribution < 1.29 is 19.4 Å². The number of nitrogens with zero attached hydrogens (tertiary/aromatic N) is 1. The molecular formula is C45H44N2O4. The van der Waals surface area contributed by atoms with Gasteiger partial charge in [0.2, 0.25) is 5.91 Å². The maximum Gasteiger partial charge on any atom is 0.236 e. The van der Waals surface area contributed by atoms with Crippen molar-refractivity contribution in [2.75, 3.05) is 25.0 Å². The van der Waals surface area contributed by atoms with Crippen LogP contribution in [0.25, 0.3) is 0 Å². The number of carbonyl (C=O) groups excluding carboxylic acids is 1. The lowest BCUT2D eigenvalue weighted by molar-refractivity contribution is -0.116. The predicted molar refractivity (Wildman–Crippen MR) is 204 cm³/mol. The zero-order chi connectivity index (χ0) is 35.1. The molecule has 0 fully saturated rings. The Morgan fingerprint density at radius 1 is 0.588 bits per heavy atom. The Bertz CT molecular complexity index is 1850. The Hall–Kier alpha value is -5.69. The van der Waals surface area contributed by atoms with Crippen LogP contribution < -0.4 is 14.8 Å². The molecule has 2 N–H and O–H groups in total. The van der Waals surface area contributed by atoms with Crippen molar-refractivity contribution in [3.63, 3.8) is 0 Å². The Morgan fingerprint density at radius 2 is 1.10 bits per heavy atom. The molecule has 0 unspecified atom stereocenters. The highest BCUT2D eigenvalue weighted by Crippen LogP contribution is 2.26. The van der Waals surface area contributed by atoms with Crippen LogP contribution in [0.5, 0.6) is 11.5 Å². The smallest absolute Gasteiger partial charge is 0.236 e. The first-order valence-corrected chi connectivity index (χ1v) is 17.4. The van der Waals surface area contributed by atoms with Crippen molar-refractivity contribution in [1.29, 1.82) is 0 Å².